The highest BCUT2D eigenvalue weighted by atomic mass is 32.2. The minimum Gasteiger partial charge on any atom is -0.279 e. The van der Waals surface area contributed by atoms with E-state index in [1.807, 2.05) is 0 Å². The molecule has 2 rings (SSSR count). The molecule has 0 heterocycles. The summed E-state index contributed by atoms with van der Waals surface area (Å²) < 4.78 is 52.1. The van der Waals surface area contributed by atoms with Gasteiger partial charge in [0.15, 0.2) is 0 Å². The number of hydrogen-bond acceptors (Lipinski definition) is 2. The fourth-order valence-corrected chi connectivity index (χ4v) is 2.69. The Morgan fingerprint density at radius 2 is 1.53 bits per heavy atom. The molecule has 0 bridgehead atoms. The zero-order chi connectivity index (χ0) is 14.0. The van der Waals surface area contributed by atoms with Crippen LogP contribution in [-0.2, 0) is 10.0 Å². The maximum atomic E-state index is 12.9. The molecule has 1 N–H and O–H groups in total. The van der Waals surface area contributed by atoms with Gasteiger partial charge in [0.05, 0.1) is 10.6 Å². The van der Waals surface area contributed by atoms with E-state index in [0.717, 1.165) is 30.3 Å². The monoisotopic (exact) mass is 283 g/mol. The van der Waals surface area contributed by atoms with Gasteiger partial charge in [-0.05, 0) is 55.0 Å². The van der Waals surface area contributed by atoms with E-state index in [1.165, 1.54) is 12.1 Å². The van der Waals surface area contributed by atoms with E-state index < -0.39 is 21.7 Å². The lowest BCUT2D eigenvalue weighted by Gasteiger charge is -2.10. The van der Waals surface area contributed by atoms with Crippen molar-refractivity contribution in [1.29, 1.82) is 0 Å². The first-order chi connectivity index (χ1) is 8.88. The summed E-state index contributed by atoms with van der Waals surface area (Å²) in [7, 11) is -3.80. The standard InChI is InChI=1S/C13H11F2NO2S/c1-9-8-11(15)4-7-13(9)16-19(17,18)12-5-2-10(14)3-6-12/h2-8,16H,1H3. The molecule has 0 spiro atoms. The van der Waals surface area contributed by atoms with E-state index >= 15 is 0 Å². The molecule has 3 nitrogen and oxygen atoms in total. The van der Waals surface area contributed by atoms with E-state index in [2.05, 4.69) is 4.72 Å². The van der Waals surface area contributed by atoms with E-state index in [1.54, 1.807) is 6.92 Å². The Hall–Kier alpha value is -1.95. The fraction of sp³-hybridized carbons (Fsp3) is 0.0769. The van der Waals surface area contributed by atoms with Crippen molar-refractivity contribution in [2.45, 2.75) is 11.8 Å². The molecule has 0 atom stereocenters. The summed E-state index contributed by atoms with van der Waals surface area (Å²) >= 11 is 0. The molecule has 0 saturated heterocycles. The van der Waals surface area contributed by atoms with Crippen molar-refractivity contribution in [3.05, 3.63) is 59.7 Å². The SMILES string of the molecule is Cc1cc(F)ccc1NS(=O)(=O)c1ccc(F)cc1. The van der Waals surface area contributed by atoms with Crippen LogP contribution >= 0.6 is 0 Å². The highest BCUT2D eigenvalue weighted by molar-refractivity contribution is 7.92. The molecule has 0 aliphatic carbocycles. The van der Waals surface area contributed by atoms with E-state index in [-0.39, 0.29) is 10.6 Å². The minimum absolute atomic E-state index is 0.0578. The summed E-state index contributed by atoms with van der Waals surface area (Å²) in [4.78, 5) is -0.0578. The van der Waals surface area contributed by atoms with Crippen LogP contribution in [0.15, 0.2) is 47.4 Å². The highest BCUT2D eigenvalue weighted by Crippen LogP contribution is 2.20. The second-order valence-electron chi connectivity index (χ2n) is 4.02. The molecule has 2 aromatic carbocycles. The zero-order valence-electron chi connectivity index (χ0n) is 10.0. The van der Waals surface area contributed by atoms with Crippen LogP contribution in [-0.4, -0.2) is 8.42 Å². The molecule has 0 amide bonds. The van der Waals surface area contributed by atoms with Gasteiger partial charge in [-0.2, -0.15) is 0 Å². The molecule has 6 heteroatoms. The smallest absolute Gasteiger partial charge is 0.261 e. The lowest BCUT2D eigenvalue weighted by molar-refractivity contribution is 0.599. The quantitative estimate of drug-likeness (QED) is 0.941. The van der Waals surface area contributed by atoms with E-state index in [0.29, 0.717) is 5.56 Å². The molecule has 100 valence electrons. The lowest BCUT2D eigenvalue weighted by atomic mass is 10.2. The van der Waals surface area contributed by atoms with Gasteiger partial charge in [0.25, 0.3) is 10.0 Å². The van der Waals surface area contributed by atoms with Gasteiger partial charge in [0.2, 0.25) is 0 Å². The minimum atomic E-state index is -3.80. The Morgan fingerprint density at radius 1 is 0.947 bits per heavy atom. The number of hydrogen-bond donors (Lipinski definition) is 1. The summed E-state index contributed by atoms with van der Waals surface area (Å²) in [6.45, 7) is 1.59. The average molecular weight is 283 g/mol. The summed E-state index contributed by atoms with van der Waals surface area (Å²) in [6.07, 6.45) is 0. The second kappa shape index (κ2) is 4.97. The van der Waals surface area contributed by atoms with Crippen LogP contribution in [0.5, 0.6) is 0 Å². The maximum absolute atomic E-state index is 12.9. The van der Waals surface area contributed by atoms with Crippen LogP contribution in [0.25, 0.3) is 0 Å². The molecular formula is C13H11F2NO2S. The van der Waals surface area contributed by atoms with Crippen molar-refractivity contribution in [3.8, 4) is 0 Å². The van der Waals surface area contributed by atoms with E-state index in [4.69, 9.17) is 0 Å². The van der Waals surface area contributed by atoms with Gasteiger partial charge >= 0.3 is 0 Å². The number of nitrogens with one attached hydrogen (secondary N) is 1. The highest BCUT2D eigenvalue weighted by Gasteiger charge is 2.15. The molecule has 0 unspecified atom stereocenters. The van der Waals surface area contributed by atoms with Crippen molar-refractivity contribution in [3.63, 3.8) is 0 Å². The zero-order valence-corrected chi connectivity index (χ0v) is 10.8. The van der Waals surface area contributed by atoms with Gasteiger partial charge < -0.3 is 0 Å². The summed E-state index contributed by atoms with van der Waals surface area (Å²) in [5, 5.41) is 0. The van der Waals surface area contributed by atoms with Gasteiger partial charge in [-0.1, -0.05) is 0 Å². The Labute approximate surface area is 109 Å². The molecular weight excluding hydrogens is 272 g/mol. The van der Waals surface area contributed by atoms with Crippen LogP contribution in [0.4, 0.5) is 14.5 Å². The first-order valence-electron chi connectivity index (χ1n) is 5.43. The summed E-state index contributed by atoms with van der Waals surface area (Å²) in [5.74, 6) is -0.959. The number of anilines is 1. The number of benzene rings is 2. The molecule has 0 saturated carbocycles. The van der Waals surface area contributed by atoms with Gasteiger partial charge in [0.1, 0.15) is 11.6 Å². The predicted octanol–water partition coefficient (Wildman–Crippen LogP) is 3.07. The first kappa shape index (κ1) is 13.5. The Bertz CT molecular complexity index is 697. The van der Waals surface area contributed by atoms with Crippen molar-refractivity contribution in [2.24, 2.45) is 0 Å². The third kappa shape index (κ3) is 3.08. The number of aryl methyl sites for hydroxylation is 1. The summed E-state index contributed by atoms with van der Waals surface area (Å²) in [5.41, 5.74) is 0.747. The molecule has 2 aromatic rings. The molecule has 0 aromatic heterocycles. The van der Waals surface area contributed by atoms with Crippen molar-refractivity contribution >= 4 is 15.7 Å². The van der Waals surface area contributed by atoms with Gasteiger partial charge in [-0.15, -0.1) is 0 Å². The van der Waals surface area contributed by atoms with Crippen molar-refractivity contribution in [2.75, 3.05) is 4.72 Å². The van der Waals surface area contributed by atoms with Crippen molar-refractivity contribution in [1.82, 2.24) is 0 Å². The molecule has 0 fully saturated rings. The molecule has 0 aliphatic heterocycles. The maximum Gasteiger partial charge on any atom is 0.261 e. The third-order valence-corrected chi connectivity index (χ3v) is 3.94. The average Bonchev–Trinajstić information content (AvgIpc) is 2.33. The fourth-order valence-electron chi connectivity index (χ4n) is 1.56. The summed E-state index contributed by atoms with van der Waals surface area (Å²) in [6, 6.07) is 8.18. The van der Waals surface area contributed by atoms with Crippen LogP contribution < -0.4 is 4.72 Å². The van der Waals surface area contributed by atoms with Crippen LogP contribution in [0, 0.1) is 18.6 Å². The predicted molar refractivity (Wildman–Crippen MR) is 68.3 cm³/mol. The van der Waals surface area contributed by atoms with Crippen molar-refractivity contribution < 1.29 is 17.2 Å². The first-order valence-corrected chi connectivity index (χ1v) is 6.91. The van der Waals surface area contributed by atoms with Crippen LogP contribution in [0.2, 0.25) is 0 Å². The number of sulfonamides is 1. The normalized spacial score (nSPS) is 11.3. The van der Waals surface area contributed by atoms with E-state index in [9.17, 15) is 17.2 Å². The lowest BCUT2D eigenvalue weighted by Crippen LogP contribution is -2.13. The van der Waals surface area contributed by atoms with Gasteiger partial charge in [-0.25, -0.2) is 17.2 Å². The third-order valence-electron chi connectivity index (χ3n) is 2.56. The Kier molecular flexibility index (Phi) is 3.53. The molecule has 0 aliphatic rings. The Morgan fingerprint density at radius 3 is 2.11 bits per heavy atom. The Balaban J connectivity index is 2.33. The van der Waals surface area contributed by atoms with Crippen LogP contribution in [0.3, 0.4) is 0 Å². The topological polar surface area (TPSA) is 46.2 Å². The number of rotatable bonds is 3. The number of halogens is 2. The van der Waals surface area contributed by atoms with Gasteiger partial charge in [0, 0.05) is 0 Å². The van der Waals surface area contributed by atoms with Crippen LogP contribution in [0.1, 0.15) is 5.56 Å². The second-order valence-corrected chi connectivity index (χ2v) is 5.70. The van der Waals surface area contributed by atoms with Gasteiger partial charge in [-0.3, -0.25) is 4.72 Å². The molecule has 19 heavy (non-hydrogen) atoms. The largest absolute Gasteiger partial charge is 0.279 e. The molecule has 0 radical (unpaired) electrons.